The fourth-order valence-corrected chi connectivity index (χ4v) is 4.25. The van der Waals surface area contributed by atoms with Crippen LogP contribution in [0.3, 0.4) is 0 Å². The fraction of sp³-hybridized carbons (Fsp3) is 0.192. The van der Waals surface area contributed by atoms with Crippen LogP contribution in [0.4, 0.5) is 5.69 Å². The van der Waals surface area contributed by atoms with E-state index in [0.29, 0.717) is 36.8 Å². The van der Waals surface area contributed by atoms with E-state index in [-0.39, 0.29) is 10.8 Å². The number of carbonyl (C=O) groups is 1. The van der Waals surface area contributed by atoms with Gasteiger partial charge >= 0.3 is 0 Å². The molecule has 0 aromatic heterocycles. The Labute approximate surface area is 200 Å². The molecule has 0 unspecified atom stereocenters. The summed E-state index contributed by atoms with van der Waals surface area (Å²) < 4.78 is 38.6. The smallest absolute Gasteiger partial charge is 0.261 e. The molecule has 178 valence electrons. The van der Waals surface area contributed by atoms with E-state index >= 15 is 0 Å². The third-order valence-corrected chi connectivity index (χ3v) is 6.28. The monoisotopic (exact) mass is 480 g/mol. The van der Waals surface area contributed by atoms with Crippen LogP contribution in [-0.2, 0) is 16.6 Å². The lowest BCUT2D eigenvalue weighted by atomic mass is 10.1. The molecule has 7 nitrogen and oxygen atoms in total. The molecule has 0 heterocycles. The van der Waals surface area contributed by atoms with Crippen molar-refractivity contribution in [3.05, 3.63) is 96.6 Å². The lowest BCUT2D eigenvalue weighted by molar-refractivity contribution is 0.0785. The van der Waals surface area contributed by atoms with Crippen molar-refractivity contribution in [1.29, 1.82) is 0 Å². The van der Waals surface area contributed by atoms with Gasteiger partial charge in [-0.25, -0.2) is 8.42 Å². The topological polar surface area (TPSA) is 84.9 Å². The molecule has 0 saturated heterocycles. The quantitative estimate of drug-likeness (QED) is 0.401. The Hall–Kier alpha value is -3.78. The first-order chi connectivity index (χ1) is 16.3. The van der Waals surface area contributed by atoms with Crippen LogP contribution in [0, 0.1) is 0 Å². The molecule has 0 bridgehead atoms. The second kappa shape index (κ2) is 11.4. The van der Waals surface area contributed by atoms with Gasteiger partial charge in [0.15, 0.2) is 0 Å². The summed E-state index contributed by atoms with van der Waals surface area (Å²) in [4.78, 5) is 14.5. The Morgan fingerprint density at radius 1 is 0.941 bits per heavy atom. The molecule has 8 heteroatoms. The summed E-state index contributed by atoms with van der Waals surface area (Å²) >= 11 is 0. The van der Waals surface area contributed by atoms with Gasteiger partial charge in [0.1, 0.15) is 18.1 Å². The first-order valence-corrected chi connectivity index (χ1v) is 12.2. The summed E-state index contributed by atoms with van der Waals surface area (Å²) in [7, 11) is -2.05. The maximum atomic E-state index is 12.8. The molecule has 34 heavy (non-hydrogen) atoms. The number of hydrogen-bond donors (Lipinski definition) is 1. The third kappa shape index (κ3) is 6.62. The summed E-state index contributed by atoms with van der Waals surface area (Å²) in [5.74, 6) is 1.17. The first-order valence-electron chi connectivity index (χ1n) is 10.8. The summed E-state index contributed by atoms with van der Waals surface area (Å²) in [5.41, 5.74) is 1.78. The van der Waals surface area contributed by atoms with E-state index in [1.54, 1.807) is 54.4 Å². The van der Waals surface area contributed by atoms with Crippen LogP contribution in [0.1, 0.15) is 22.8 Å². The van der Waals surface area contributed by atoms with Crippen molar-refractivity contribution in [2.45, 2.75) is 18.4 Å². The number of benzene rings is 3. The summed E-state index contributed by atoms with van der Waals surface area (Å²) in [6.45, 7) is 6.84. The Balaban J connectivity index is 1.61. The van der Waals surface area contributed by atoms with Crippen LogP contribution >= 0.6 is 0 Å². The van der Waals surface area contributed by atoms with Gasteiger partial charge in [-0.3, -0.25) is 9.52 Å². The van der Waals surface area contributed by atoms with Crippen molar-refractivity contribution in [2.24, 2.45) is 0 Å². The Morgan fingerprint density at radius 3 is 2.12 bits per heavy atom. The molecule has 0 aliphatic heterocycles. The Bertz CT molecular complexity index is 1210. The normalized spacial score (nSPS) is 10.9. The molecule has 0 spiro atoms. The first kappa shape index (κ1) is 24.9. The van der Waals surface area contributed by atoms with Crippen molar-refractivity contribution >= 4 is 21.6 Å². The molecular weight excluding hydrogens is 452 g/mol. The lowest BCUT2D eigenvalue weighted by Crippen LogP contribution is -2.26. The highest BCUT2D eigenvalue weighted by molar-refractivity contribution is 7.92. The fourth-order valence-electron chi connectivity index (χ4n) is 3.19. The van der Waals surface area contributed by atoms with E-state index in [2.05, 4.69) is 11.3 Å². The molecule has 0 aliphatic carbocycles. The number of amides is 1. The standard InChI is InChI=1S/C26H28N2O5S/c1-4-18-33-24-12-6-20(7-13-24)19-28(3)26(29)21-8-10-22(11-9-21)27-34(30,31)25-16-14-23(15-17-25)32-5-2/h4,6-17,27H,1,5,18-19H2,2-3H3. The minimum Gasteiger partial charge on any atom is -0.494 e. The maximum absolute atomic E-state index is 12.8. The lowest BCUT2D eigenvalue weighted by Gasteiger charge is -2.18. The zero-order valence-electron chi connectivity index (χ0n) is 19.2. The highest BCUT2D eigenvalue weighted by atomic mass is 32.2. The van der Waals surface area contributed by atoms with E-state index in [9.17, 15) is 13.2 Å². The number of rotatable bonds is 11. The van der Waals surface area contributed by atoms with Gasteiger partial charge in [0.05, 0.1) is 11.5 Å². The minimum absolute atomic E-state index is 0.122. The van der Waals surface area contributed by atoms with Crippen LogP contribution in [0.2, 0.25) is 0 Å². The molecule has 0 fully saturated rings. The van der Waals surface area contributed by atoms with E-state index < -0.39 is 10.0 Å². The second-order valence-electron chi connectivity index (χ2n) is 7.49. The van der Waals surface area contributed by atoms with Crippen molar-refractivity contribution in [2.75, 3.05) is 25.0 Å². The van der Waals surface area contributed by atoms with Crippen LogP contribution in [0.25, 0.3) is 0 Å². The van der Waals surface area contributed by atoms with Gasteiger partial charge in [0.25, 0.3) is 15.9 Å². The highest BCUT2D eigenvalue weighted by Crippen LogP contribution is 2.20. The van der Waals surface area contributed by atoms with Crippen molar-refractivity contribution in [3.8, 4) is 11.5 Å². The molecule has 1 amide bonds. The van der Waals surface area contributed by atoms with E-state index in [4.69, 9.17) is 9.47 Å². The summed E-state index contributed by atoms with van der Waals surface area (Å²) in [6.07, 6.45) is 1.68. The molecule has 0 atom stereocenters. The van der Waals surface area contributed by atoms with Gasteiger partial charge in [-0.2, -0.15) is 0 Å². The van der Waals surface area contributed by atoms with Gasteiger partial charge in [-0.15, -0.1) is 0 Å². The minimum atomic E-state index is -3.76. The maximum Gasteiger partial charge on any atom is 0.261 e. The van der Waals surface area contributed by atoms with Gasteiger partial charge in [-0.05, 0) is 73.2 Å². The summed E-state index contributed by atoms with van der Waals surface area (Å²) in [6, 6.07) is 20.0. The average Bonchev–Trinajstić information content (AvgIpc) is 2.84. The number of nitrogens with one attached hydrogen (secondary N) is 1. The molecular formula is C26H28N2O5S. The molecule has 1 N–H and O–H groups in total. The largest absolute Gasteiger partial charge is 0.494 e. The number of hydrogen-bond acceptors (Lipinski definition) is 5. The van der Waals surface area contributed by atoms with Crippen LogP contribution in [0.5, 0.6) is 11.5 Å². The van der Waals surface area contributed by atoms with Crippen LogP contribution in [0.15, 0.2) is 90.3 Å². The molecule has 3 aromatic carbocycles. The number of sulfonamides is 1. The van der Waals surface area contributed by atoms with Crippen molar-refractivity contribution in [3.63, 3.8) is 0 Å². The summed E-state index contributed by atoms with van der Waals surface area (Å²) in [5, 5.41) is 0. The molecule has 0 saturated carbocycles. The average molecular weight is 481 g/mol. The van der Waals surface area contributed by atoms with E-state index in [1.165, 1.54) is 12.1 Å². The van der Waals surface area contributed by atoms with Crippen molar-refractivity contribution < 1.29 is 22.7 Å². The number of ether oxygens (including phenoxy) is 2. The van der Waals surface area contributed by atoms with E-state index in [1.807, 2.05) is 31.2 Å². The van der Waals surface area contributed by atoms with Gasteiger partial charge in [0, 0.05) is 24.8 Å². The van der Waals surface area contributed by atoms with Gasteiger partial charge < -0.3 is 14.4 Å². The van der Waals surface area contributed by atoms with Gasteiger partial charge in [-0.1, -0.05) is 24.8 Å². The molecule has 3 aromatic rings. The molecule has 0 radical (unpaired) electrons. The third-order valence-electron chi connectivity index (χ3n) is 4.89. The predicted octanol–water partition coefficient (Wildman–Crippen LogP) is 4.72. The SMILES string of the molecule is C=CCOc1ccc(CN(C)C(=O)c2ccc(NS(=O)(=O)c3ccc(OCC)cc3)cc2)cc1. The Morgan fingerprint density at radius 2 is 1.53 bits per heavy atom. The van der Waals surface area contributed by atoms with Gasteiger partial charge in [0.2, 0.25) is 0 Å². The predicted molar refractivity (Wildman–Crippen MR) is 133 cm³/mol. The zero-order chi connectivity index (χ0) is 24.6. The molecule has 0 aliphatic rings. The number of anilines is 1. The van der Waals surface area contributed by atoms with E-state index in [0.717, 1.165) is 11.3 Å². The van der Waals surface area contributed by atoms with Crippen LogP contribution in [-0.4, -0.2) is 39.5 Å². The zero-order valence-corrected chi connectivity index (χ0v) is 20.0. The highest BCUT2D eigenvalue weighted by Gasteiger charge is 2.16. The second-order valence-corrected chi connectivity index (χ2v) is 9.17. The number of nitrogens with zero attached hydrogens (tertiary/aromatic N) is 1. The molecule has 3 rings (SSSR count). The number of carbonyl (C=O) groups excluding carboxylic acids is 1. The van der Waals surface area contributed by atoms with Crippen LogP contribution < -0.4 is 14.2 Å². The Kier molecular flexibility index (Phi) is 8.32. The van der Waals surface area contributed by atoms with Crippen molar-refractivity contribution in [1.82, 2.24) is 4.90 Å².